The van der Waals surface area contributed by atoms with Gasteiger partial charge in [0.15, 0.2) is 0 Å². The number of rotatable bonds is 6. The number of hydrogen-bond donors (Lipinski definition) is 2. The normalized spacial score (nSPS) is 12.7. The van der Waals surface area contributed by atoms with Gasteiger partial charge in [-0.1, -0.05) is 25.1 Å². The molecule has 0 amide bonds. The van der Waals surface area contributed by atoms with Crippen molar-refractivity contribution >= 4 is 17.6 Å². The summed E-state index contributed by atoms with van der Waals surface area (Å²) in [5, 5.41) is 12.8. The fraction of sp³-hybridized carbons (Fsp3) is 0.500. The summed E-state index contributed by atoms with van der Waals surface area (Å²) in [5.74, 6) is 1.28. The number of hydrogen-bond acceptors (Lipinski definition) is 4. The molecule has 0 saturated heterocycles. The quantitative estimate of drug-likeness (QED) is 0.204. The molecule has 0 aliphatic carbocycles. The molecule has 0 bridgehead atoms. The van der Waals surface area contributed by atoms with Gasteiger partial charge in [-0.3, -0.25) is 0 Å². The van der Waals surface area contributed by atoms with Gasteiger partial charge in [0.2, 0.25) is 0 Å². The molecular weight excluding hydrogens is 234 g/mol. The van der Waals surface area contributed by atoms with E-state index in [0.717, 1.165) is 23.6 Å². The van der Waals surface area contributed by atoms with Gasteiger partial charge in [-0.2, -0.15) is 0 Å². The van der Waals surface area contributed by atoms with Gasteiger partial charge >= 0.3 is 0 Å². The highest BCUT2D eigenvalue weighted by molar-refractivity contribution is 7.99. The molecule has 0 fully saturated rings. The van der Waals surface area contributed by atoms with Crippen LogP contribution < -0.4 is 5.73 Å². The highest BCUT2D eigenvalue weighted by Gasteiger charge is 2.22. The van der Waals surface area contributed by atoms with Crippen molar-refractivity contribution in [2.45, 2.75) is 31.7 Å². The molecule has 1 aromatic heterocycles. The Hall–Kier alpha value is -1.23. The van der Waals surface area contributed by atoms with E-state index in [1.54, 1.807) is 18.0 Å². The van der Waals surface area contributed by atoms with Crippen LogP contribution in [0.15, 0.2) is 34.6 Å². The van der Waals surface area contributed by atoms with Gasteiger partial charge in [0.1, 0.15) is 5.84 Å². The maximum Gasteiger partial charge on any atom is 0.144 e. The fourth-order valence-corrected chi connectivity index (χ4v) is 2.19. The second-order valence-corrected chi connectivity index (χ2v) is 5.60. The second-order valence-electron chi connectivity index (χ2n) is 4.49. The van der Waals surface area contributed by atoms with E-state index in [1.165, 1.54) is 0 Å². The summed E-state index contributed by atoms with van der Waals surface area (Å²) in [6.45, 7) is 3.96. The zero-order valence-corrected chi connectivity index (χ0v) is 11.1. The first kappa shape index (κ1) is 13.8. The zero-order chi connectivity index (χ0) is 12.7. The Bertz CT molecular complexity index is 365. The number of nitrogens with two attached hydrogens (primary N) is 1. The van der Waals surface area contributed by atoms with Crippen LogP contribution in [-0.4, -0.2) is 21.8 Å². The van der Waals surface area contributed by atoms with Gasteiger partial charge in [-0.05, 0) is 30.7 Å². The third-order valence-electron chi connectivity index (χ3n) is 2.63. The summed E-state index contributed by atoms with van der Waals surface area (Å²) in [6.07, 6.45) is 3.69. The minimum Gasteiger partial charge on any atom is -0.409 e. The van der Waals surface area contributed by atoms with Crippen molar-refractivity contribution in [3.05, 3.63) is 24.4 Å². The molecule has 0 saturated carbocycles. The van der Waals surface area contributed by atoms with Crippen molar-refractivity contribution in [3.8, 4) is 0 Å². The number of pyridine rings is 1. The molecule has 4 nitrogen and oxygen atoms in total. The van der Waals surface area contributed by atoms with Crippen molar-refractivity contribution in [3.63, 3.8) is 0 Å². The van der Waals surface area contributed by atoms with Gasteiger partial charge in [0.25, 0.3) is 0 Å². The molecule has 0 radical (unpaired) electrons. The summed E-state index contributed by atoms with van der Waals surface area (Å²) in [7, 11) is 0. The highest BCUT2D eigenvalue weighted by Crippen LogP contribution is 2.25. The van der Waals surface area contributed by atoms with Crippen LogP contribution in [0.5, 0.6) is 0 Å². The predicted molar refractivity (Wildman–Crippen MR) is 71.4 cm³/mol. The van der Waals surface area contributed by atoms with Crippen molar-refractivity contribution < 1.29 is 5.21 Å². The Kier molecular flexibility index (Phi) is 5.28. The molecule has 0 aliphatic rings. The van der Waals surface area contributed by atoms with Crippen molar-refractivity contribution in [2.24, 2.45) is 16.3 Å². The molecule has 3 N–H and O–H groups in total. The van der Waals surface area contributed by atoms with Crippen LogP contribution in [0.25, 0.3) is 0 Å². The average molecular weight is 253 g/mol. The first-order valence-electron chi connectivity index (χ1n) is 5.58. The van der Waals surface area contributed by atoms with Gasteiger partial charge in [-0.25, -0.2) is 4.98 Å². The van der Waals surface area contributed by atoms with Crippen LogP contribution in [0.2, 0.25) is 0 Å². The minimum atomic E-state index is -0.251. The fourth-order valence-electron chi connectivity index (χ4n) is 1.39. The molecule has 0 aliphatic heterocycles. The van der Waals surface area contributed by atoms with E-state index in [-0.39, 0.29) is 5.41 Å². The maximum absolute atomic E-state index is 8.65. The van der Waals surface area contributed by atoms with Gasteiger partial charge in [-0.15, -0.1) is 11.8 Å². The molecule has 0 aromatic carbocycles. The van der Waals surface area contributed by atoms with E-state index in [9.17, 15) is 0 Å². The van der Waals surface area contributed by atoms with E-state index >= 15 is 0 Å². The van der Waals surface area contributed by atoms with E-state index < -0.39 is 0 Å². The van der Waals surface area contributed by atoms with E-state index in [1.807, 2.05) is 32.0 Å². The summed E-state index contributed by atoms with van der Waals surface area (Å²) in [6, 6.07) is 5.89. The second kappa shape index (κ2) is 6.49. The Morgan fingerprint density at radius 1 is 1.53 bits per heavy atom. The maximum atomic E-state index is 8.65. The summed E-state index contributed by atoms with van der Waals surface area (Å²) in [5.41, 5.74) is 5.37. The molecule has 94 valence electrons. The number of oxime groups is 1. The van der Waals surface area contributed by atoms with Crippen LogP contribution >= 0.6 is 11.8 Å². The molecule has 17 heavy (non-hydrogen) atoms. The number of thioether (sulfide) groups is 1. The Morgan fingerprint density at radius 3 is 2.88 bits per heavy atom. The standard InChI is InChI=1S/C12H19N3OS/c1-12(2,11(13)15-16)7-5-9-17-10-6-3-4-8-14-10/h3-4,6,8,16H,5,7,9H2,1-2H3,(H2,13,15). The first-order chi connectivity index (χ1) is 8.06. The smallest absolute Gasteiger partial charge is 0.144 e. The van der Waals surface area contributed by atoms with E-state index in [0.29, 0.717) is 5.84 Å². The van der Waals surface area contributed by atoms with Gasteiger partial charge in [0, 0.05) is 11.6 Å². The molecule has 0 atom stereocenters. The van der Waals surface area contributed by atoms with E-state index in [4.69, 9.17) is 10.9 Å². The van der Waals surface area contributed by atoms with Crippen LogP contribution in [0, 0.1) is 5.41 Å². The monoisotopic (exact) mass is 253 g/mol. The lowest BCUT2D eigenvalue weighted by Crippen LogP contribution is -2.31. The van der Waals surface area contributed by atoms with Crippen molar-refractivity contribution in [2.75, 3.05) is 5.75 Å². The van der Waals surface area contributed by atoms with E-state index in [2.05, 4.69) is 10.1 Å². The molecule has 5 heteroatoms. The van der Waals surface area contributed by atoms with Crippen LogP contribution in [-0.2, 0) is 0 Å². The SMILES string of the molecule is CC(C)(CCCSc1ccccn1)C(N)=NO. The number of aromatic nitrogens is 1. The highest BCUT2D eigenvalue weighted by atomic mass is 32.2. The van der Waals surface area contributed by atoms with Crippen molar-refractivity contribution in [1.82, 2.24) is 4.98 Å². The van der Waals surface area contributed by atoms with Crippen LogP contribution in [0.1, 0.15) is 26.7 Å². The first-order valence-corrected chi connectivity index (χ1v) is 6.56. The molecule has 1 aromatic rings. The van der Waals surface area contributed by atoms with Crippen LogP contribution in [0.4, 0.5) is 0 Å². The van der Waals surface area contributed by atoms with Crippen LogP contribution in [0.3, 0.4) is 0 Å². The Labute approximate surface area is 106 Å². The Morgan fingerprint density at radius 2 is 2.29 bits per heavy atom. The summed E-state index contributed by atoms with van der Waals surface area (Å²) >= 11 is 1.73. The minimum absolute atomic E-state index is 0.251. The molecular formula is C12H19N3OS. The average Bonchev–Trinajstić information content (AvgIpc) is 2.35. The molecule has 1 heterocycles. The predicted octanol–water partition coefficient (Wildman–Crippen LogP) is 2.73. The Balaban J connectivity index is 2.29. The third-order valence-corrected chi connectivity index (χ3v) is 3.67. The molecule has 0 spiro atoms. The lowest BCUT2D eigenvalue weighted by molar-refractivity contribution is 0.305. The molecule has 0 unspecified atom stereocenters. The lowest BCUT2D eigenvalue weighted by atomic mass is 9.87. The topological polar surface area (TPSA) is 71.5 Å². The third kappa shape index (κ3) is 4.65. The number of amidine groups is 1. The lowest BCUT2D eigenvalue weighted by Gasteiger charge is -2.22. The number of nitrogens with zero attached hydrogens (tertiary/aromatic N) is 2. The zero-order valence-electron chi connectivity index (χ0n) is 10.3. The largest absolute Gasteiger partial charge is 0.409 e. The summed E-state index contributed by atoms with van der Waals surface area (Å²) < 4.78 is 0. The summed E-state index contributed by atoms with van der Waals surface area (Å²) in [4.78, 5) is 4.24. The molecule has 1 rings (SSSR count). The van der Waals surface area contributed by atoms with Gasteiger partial charge < -0.3 is 10.9 Å². The van der Waals surface area contributed by atoms with Gasteiger partial charge in [0.05, 0.1) is 5.03 Å². The van der Waals surface area contributed by atoms with Crippen molar-refractivity contribution in [1.29, 1.82) is 0 Å².